The third-order valence-corrected chi connectivity index (χ3v) is 4.92. The SMILES string of the molecule is Cc1nc(SCC(=O)Nc2nc3c(s2)CCCC3)n[nH]1. The summed E-state index contributed by atoms with van der Waals surface area (Å²) in [5, 5.41) is 10.9. The zero-order chi connectivity index (χ0) is 13.9. The second-order valence-electron chi connectivity index (χ2n) is 4.64. The second kappa shape index (κ2) is 5.92. The summed E-state index contributed by atoms with van der Waals surface area (Å²) >= 11 is 2.91. The van der Waals surface area contributed by atoms with Gasteiger partial charge in [-0.2, -0.15) is 0 Å². The van der Waals surface area contributed by atoms with Crippen molar-refractivity contribution in [3.8, 4) is 0 Å². The molecule has 0 saturated heterocycles. The fraction of sp³-hybridized carbons (Fsp3) is 0.500. The van der Waals surface area contributed by atoms with Gasteiger partial charge in [-0.25, -0.2) is 9.97 Å². The Bertz CT molecular complexity index is 598. The summed E-state index contributed by atoms with van der Waals surface area (Å²) in [6.07, 6.45) is 4.55. The quantitative estimate of drug-likeness (QED) is 0.846. The number of thioether (sulfide) groups is 1. The van der Waals surface area contributed by atoms with Gasteiger partial charge in [0.25, 0.3) is 0 Å². The maximum absolute atomic E-state index is 11.9. The van der Waals surface area contributed by atoms with Crippen molar-refractivity contribution in [2.24, 2.45) is 0 Å². The molecule has 2 aromatic rings. The molecule has 0 aromatic carbocycles. The number of anilines is 1. The largest absolute Gasteiger partial charge is 0.301 e. The number of thiazole rings is 1. The lowest BCUT2D eigenvalue weighted by atomic mass is 10.0. The molecule has 6 nitrogen and oxygen atoms in total. The predicted octanol–water partition coefficient (Wildman–Crippen LogP) is 2.18. The van der Waals surface area contributed by atoms with Crippen LogP contribution in [0.3, 0.4) is 0 Å². The van der Waals surface area contributed by atoms with Crippen molar-refractivity contribution in [1.82, 2.24) is 20.2 Å². The van der Waals surface area contributed by atoms with Crippen LogP contribution in [0.5, 0.6) is 0 Å². The molecule has 1 amide bonds. The van der Waals surface area contributed by atoms with Gasteiger partial charge in [0.1, 0.15) is 5.82 Å². The van der Waals surface area contributed by atoms with Crippen molar-refractivity contribution >= 4 is 34.1 Å². The first-order valence-electron chi connectivity index (χ1n) is 6.51. The number of fused-ring (bicyclic) bond motifs is 1. The first kappa shape index (κ1) is 13.6. The number of hydrogen-bond donors (Lipinski definition) is 2. The molecule has 0 saturated carbocycles. The number of aromatic amines is 1. The van der Waals surface area contributed by atoms with Crippen LogP contribution in [0.1, 0.15) is 29.2 Å². The number of carbonyl (C=O) groups excluding carboxylic acids is 1. The first-order chi connectivity index (χ1) is 9.70. The monoisotopic (exact) mass is 309 g/mol. The van der Waals surface area contributed by atoms with Crippen molar-refractivity contribution in [2.75, 3.05) is 11.1 Å². The zero-order valence-electron chi connectivity index (χ0n) is 11.1. The van der Waals surface area contributed by atoms with Gasteiger partial charge in [-0.1, -0.05) is 11.8 Å². The fourth-order valence-electron chi connectivity index (χ4n) is 2.08. The Morgan fingerprint density at radius 3 is 3.00 bits per heavy atom. The van der Waals surface area contributed by atoms with Crippen molar-refractivity contribution in [3.05, 3.63) is 16.4 Å². The van der Waals surface area contributed by atoms with Gasteiger partial charge in [-0.15, -0.1) is 16.4 Å². The van der Waals surface area contributed by atoms with E-state index in [0.29, 0.717) is 16.0 Å². The second-order valence-corrected chi connectivity index (χ2v) is 6.66. The van der Waals surface area contributed by atoms with E-state index in [2.05, 4.69) is 25.5 Å². The third-order valence-electron chi connectivity index (χ3n) is 3.00. The Morgan fingerprint density at radius 1 is 1.40 bits per heavy atom. The van der Waals surface area contributed by atoms with Crippen molar-refractivity contribution in [3.63, 3.8) is 0 Å². The standard InChI is InChI=1S/C12H15N5OS2/c1-7-13-12(17-16-7)19-6-10(18)15-11-14-8-4-2-3-5-9(8)20-11/h2-6H2,1H3,(H,13,16,17)(H,14,15,18). The lowest BCUT2D eigenvalue weighted by Gasteiger charge is -2.06. The molecule has 8 heteroatoms. The summed E-state index contributed by atoms with van der Waals surface area (Å²) in [5.74, 6) is 0.978. The predicted molar refractivity (Wildman–Crippen MR) is 79.2 cm³/mol. The summed E-state index contributed by atoms with van der Waals surface area (Å²) in [6.45, 7) is 1.83. The minimum absolute atomic E-state index is 0.0662. The van der Waals surface area contributed by atoms with Crippen LogP contribution in [-0.4, -0.2) is 31.8 Å². The first-order valence-corrected chi connectivity index (χ1v) is 8.31. The molecule has 1 aliphatic rings. The lowest BCUT2D eigenvalue weighted by molar-refractivity contribution is -0.113. The molecule has 2 heterocycles. The fourth-order valence-corrected chi connectivity index (χ4v) is 3.79. The Kier molecular flexibility index (Phi) is 4.02. The summed E-state index contributed by atoms with van der Waals surface area (Å²) in [6, 6.07) is 0. The van der Waals surface area contributed by atoms with E-state index in [-0.39, 0.29) is 5.91 Å². The van der Waals surface area contributed by atoms with Crippen molar-refractivity contribution < 1.29 is 4.79 Å². The molecule has 0 bridgehead atoms. The van der Waals surface area contributed by atoms with E-state index in [1.807, 2.05) is 6.92 Å². The Morgan fingerprint density at radius 2 is 2.25 bits per heavy atom. The van der Waals surface area contributed by atoms with Gasteiger partial charge in [0.15, 0.2) is 5.13 Å². The number of aryl methyl sites for hydroxylation is 3. The lowest BCUT2D eigenvalue weighted by Crippen LogP contribution is -2.14. The van der Waals surface area contributed by atoms with E-state index in [1.165, 1.54) is 29.5 Å². The number of aromatic nitrogens is 4. The molecular weight excluding hydrogens is 294 g/mol. The van der Waals surface area contributed by atoms with Crippen LogP contribution < -0.4 is 5.32 Å². The van der Waals surface area contributed by atoms with E-state index in [9.17, 15) is 4.79 Å². The number of rotatable bonds is 4. The number of carbonyl (C=O) groups is 1. The van der Waals surface area contributed by atoms with Gasteiger partial charge < -0.3 is 5.32 Å². The molecule has 0 fully saturated rings. The topological polar surface area (TPSA) is 83.6 Å². The Balaban J connectivity index is 1.54. The highest BCUT2D eigenvalue weighted by Gasteiger charge is 2.16. The molecule has 20 heavy (non-hydrogen) atoms. The normalized spacial score (nSPS) is 14.1. The average molecular weight is 309 g/mol. The summed E-state index contributed by atoms with van der Waals surface area (Å²) in [4.78, 5) is 21.8. The highest BCUT2D eigenvalue weighted by atomic mass is 32.2. The number of nitrogens with zero attached hydrogens (tertiary/aromatic N) is 3. The van der Waals surface area contributed by atoms with Crippen LogP contribution in [0.15, 0.2) is 5.16 Å². The van der Waals surface area contributed by atoms with Gasteiger partial charge in [-0.3, -0.25) is 9.89 Å². The van der Waals surface area contributed by atoms with Crippen LogP contribution in [0, 0.1) is 6.92 Å². The Hall–Kier alpha value is -1.41. The van der Waals surface area contributed by atoms with Gasteiger partial charge in [0, 0.05) is 4.88 Å². The molecule has 2 aromatic heterocycles. The molecule has 106 valence electrons. The highest BCUT2D eigenvalue weighted by molar-refractivity contribution is 7.99. The molecule has 2 N–H and O–H groups in total. The van der Waals surface area contributed by atoms with E-state index in [0.717, 1.165) is 24.4 Å². The average Bonchev–Trinajstić information content (AvgIpc) is 3.01. The summed E-state index contributed by atoms with van der Waals surface area (Å²) in [7, 11) is 0. The van der Waals surface area contributed by atoms with E-state index in [4.69, 9.17) is 0 Å². The molecule has 3 rings (SSSR count). The van der Waals surface area contributed by atoms with E-state index in [1.54, 1.807) is 11.3 Å². The minimum Gasteiger partial charge on any atom is -0.301 e. The van der Waals surface area contributed by atoms with Crippen LogP contribution in [0.25, 0.3) is 0 Å². The molecule has 0 radical (unpaired) electrons. The third kappa shape index (κ3) is 3.18. The maximum Gasteiger partial charge on any atom is 0.236 e. The molecule has 1 aliphatic carbocycles. The molecule has 0 aliphatic heterocycles. The molecule has 0 spiro atoms. The minimum atomic E-state index is -0.0662. The van der Waals surface area contributed by atoms with E-state index < -0.39 is 0 Å². The number of amides is 1. The molecule has 0 unspecified atom stereocenters. The van der Waals surface area contributed by atoms with Crippen LogP contribution >= 0.6 is 23.1 Å². The van der Waals surface area contributed by atoms with Gasteiger partial charge in [0.05, 0.1) is 11.4 Å². The molecular formula is C12H15N5OS2. The van der Waals surface area contributed by atoms with Crippen LogP contribution in [0.4, 0.5) is 5.13 Å². The van der Waals surface area contributed by atoms with E-state index >= 15 is 0 Å². The number of nitrogens with one attached hydrogen (secondary N) is 2. The van der Waals surface area contributed by atoms with Gasteiger partial charge >= 0.3 is 0 Å². The Labute approximate surface area is 124 Å². The van der Waals surface area contributed by atoms with Gasteiger partial charge in [-0.05, 0) is 32.6 Å². The van der Waals surface area contributed by atoms with Crippen molar-refractivity contribution in [2.45, 2.75) is 37.8 Å². The number of hydrogen-bond acceptors (Lipinski definition) is 6. The maximum atomic E-state index is 11.9. The molecule has 0 atom stereocenters. The summed E-state index contributed by atoms with van der Waals surface area (Å²) in [5.41, 5.74) is 1.16. The van der Waals surface area contributed by atoms with Crippen LogP contribution in [0.2, 0.25) is 0 Å². The smallest absolute Gasteiger partial charge is 0.236 e. The van der Waals surface area contributed by atoms with Crippen LogP contribution in [-0.2, 0) is 17.6 Å². The van der Waals surface area contributed by atoms with Crippen molar-refractivity contribution in [1.29, 1.82) is 0 Å². The van der Waals surface area contributed by atoms with Gasteiger partial charge in [0.2, 0.25) is 11.1 Å². The number of H-pyrrole nitrogens is 1. The zero-order valence-corrected chi connectivity index (χ0v) is 12.7. The highest BCUT2D eigenvalue weighted by Crippen LogP contribution is 2.29. The summed E-state index contributed by atoms with van der Waals surface area (Å²) < 4.78 is 0.